The number of aliphatic carboxylic acids is 1. The number of carboxylic acid groups (broad SMARTS) is 1. The van der Waals surface area contributed by atoms with E-state index >= 15 is 0 Å². The summed E-state index contributed by atoms with van der Waals surface area (Å²) in [5.74, 6) is -1.99. The number of hydrogen-bond acceptors (Lipinski definition) is 4. The van der Waals surface area contributed by atoms with Gasteiger partial charge in [0.1, 0.15) is 11.6 Å². The third-order valence-electron chi connectivity index (χ3n) is 7.00. The maximum absolute atomic E-state index is 13.6. The van der Waals surface area contributed by atoms with Gasteiger partial charge in [-0.15, -0.1) is 0 Å². The smallest absolute Gasteiger partial charge is 0.328 e. The molecule has 3 rings (SSSR count). The van der Waals surface area contributed by atoms with Crippen molar-refractivity contribution in [2.24, 2.45) is 5.92 Å². The first kappa shape index (κ1) is 29.6. The van der Waals surface area contributed by atoms with E-state index in [1.807, 2.05) is 56.3 Å². The fourth-order valence-electron chi connectivity index (χ4n) is 4.71. The lowest BCUT2D eigenvalue weighted by Crippen LogP contribution is -2.53. The van der Waals surface area contributed by atoms with Gasteiger partial charge in [0.05, 0.1) is 6.42 Å². The average Bonchev–Trinajstić information content (AvgIpc) is 3.01. The van der Waals surface area contributed by atoms with Gasteiger partial charge < -0.3 is 15.3 Å². The molecule has 8 heteroatoms. The maximum atomic E-state index is 13.6. The van der Waals surface area contributed by atoms with Crippen molar-refractivity contribution >= 4 is 36.0 Å². The van der Waals surface area contributed by atoms with Gasteiger partial charge in [-0.25, -0.2) is 9.69 Å². The van der Waals surface area contributed by atoms with E-state index in [9.17, 15) is 19.2 Å². The van der Waals surface area contributed by atoms with Gasteiger partial charge in [-0.1, -0.05) is 74.5 Å². The Kier molecular flexibility index (Phi) is 9.32. The van der Waals surface area contributed by atoms with Crippen molar-refractivity contribution < 1.29 is 24.3 Å². The summed E-state index contributed by atoms with van der Waals surface area (Å²) < 4.78 is 0. The fourth-order valence-corrected chi connectivity index (χ4v) is 4.71. The third-order valence-corrected chi connectivity index (χ3v) is 7.00. The Bertz CT molecular complexity index is 1250. The number of benzene rings is 2. The Labute approximate surface area is 230 Å². The molecule has 0 aliphatic carbocycles. The van der Waals surface area contributed by atoms with Gasteiger partial charge in [0.15, 0.2) is 0 Å². The highest BCUT2D eigenvalue weighted by atomic mass is 16.4. The van der Waals surface area contributed by atoms with Gasteiger partial charge in [0.2, 0.25) is 5.91 Å². The molecule has 2 atom stereocenters. The van der Waals surface area contributed by atoms with E-state index in [0.29, 0.717) is 0 Å². The zero-order valence-electron chi connectivity index (χ0n) is 23.6. The van der Waals surface area contributed by atoms with Gasteiger partial charge in [0.25, 0.3) is 5.91 Å². The summed E-state index contributed by atoms with van der Waals surface area (Å²) >= 11 is 0. The Morgan fingerprint density at radius 2 is 1.64 bits per heavy atom. The first-order valence-electron chi connectivity index (χ1n) is 13.3. The Hall–Kier alpha value is -3.94. The van der Waals surface area contributed by atoms with Crippen LogP contribution in [0.4, 0.5) is 4.79 Å². The number of hydrogen-bond donors (Lipinski definition) is 2. The zero-order valence-corrected chi connectivity index (χ0v) is 23.6. The van der Waals surface area contributed by atoms with Crippen LogP contribution in [0.25, 0.3) is 12.2 Å². The molecule has 1 heterocycles. The summed E-state index contributed by atoms with van der Waals surface area (Å²) in [6, 6.07) is 13.7. The molecule has 2 aromatic rings. The quantitative estimate of drug-likeness (QED) is 0.309. The van der Waals surface area contributed by atoms with Crippen molar-refractivity contribution in [3.63, 3.8) is 0 Å². The molecule has 2 N–H and O–H groups in total. The lowest BCUT2D eigenvalue weighted by Gasteiger charge is -2.28. The van der Waals surface area contributed by atoms with Gasteiger partial charge >= 0.3 is 12.0 Å². The summed E-state index contributed by atoms with van der Waals surface area (Å²) in [6.45, 7) is 11.0. The number of nitrogens with zero attached hydrogens (tertiary/aromatic N) is 2. The minimum Gasteiger partial charge on any atom is -0.481 e. The minimum absolute atomic E-state index is 0.0218. The summed E-state index contributed by atoms with van der Waals surface area (Å²) in [6.07, 6.45) is 4.11. The summed E-state index contributed by atoms with van der Waals surface area (Å²) in [5, 5.41) is 11.7. The predicted octanol–water partition coefficient (Wildman–Crippen LogP) is 5.10. The normalized spacial score (nSPS) is 16.7. The highest BCUT2D eigenvalue weighted by molar-refractivity contribution is 6.09. The topological polar surface area (TPSA) is 107 Å². The highest BCUT2D eigenvalue weighted by Crippen LogP contribution is 2.32. The second kappa shape index (κ2) is 12.3. The van der Waals surface area contributed by atoms with Crippen LogP contribution in [-0.4, -0.2) is 56.3 Å². The van der Waals surface area contributed by atoms with Gasteiger partial charge in [0, 0.05) is 12.6 Å². The van der Waals surface area contributed by atoms with E-state index in [0.717, 1.165) is 21.6 Å². The molecular weight excluding hydrogens is 494 g/mol. The molecule has 2 aromatic carbocycles. The number of aryl methyl sites for hydroxylation is 1. The van der Waals surface area contributed by atoms with Crippen LogP contribution in [-0.2, 0) is 20.9 Å². The summed E-state index contributed by atoms with van der Waals surface area (Å²) in [4.78, 5) is 53.9. The van der Waals surface area contributed by atoms with Crippen LogP contribution in [0, 0.1) is 12.8 Å². The molecule has 39 heavy (non-hydrogen) atoms. The first-order valence-corrected chi connectivity index (χ1v) is 13.3. The number of carboxylic acids is 1. The van der Waals surface area contributed by atoms with Crippen molar-refractivity contribution in [3.05, 3.63) is 70.8 Å². The molecule has 0 radical (unpaired) electrons. The van der Waals surface area contributed by atoms with Gasteiger partial charge in [-0.3, -0.25) is 14.4 Å². The van der Waals surface area contributed by atoms with Crippen LogP contribution in [0.2, 0.25) is 0 Å². The van der Waals surface area contributed by atoms with Crippen molar-refractivity contribution in [1.29, 1.82) is 0 Å². The van der Waals surface area contributed by atoms with Crippen LogP contribution in [0.3, 0.4) is 0 Å². The third kappa shape index (κ3) is 7.13. The number of imide groups is 1. The van der Waals surface area contributed by atoms with E-state index in [-0.39, 0.29) is 25.3 Å². The molecule has 1 fully saturated rings. The lowest BCUT2D eigenvalue weighted by molar-refractivity contribution is -0.140. The molecule has 0 aromatic heterocycles. The first-order chi connectivity index (χ1) is 18.3. The number of carbonyl (C=O) groups excluding carboxylic acids is 3. The Balaban J connectivity index is 1.79. The molecule has 1 saturated heterocycles. The number of nitrogens with one attached hydrogen (secondary N) is 1. The van der Waals surface area contributed by atoms with E-state index in [1.54, 1.807) is 20.8 Å². The molecule has 8 nitrogen and oxygen atoms in total. The molecular formula is C31H39N3O5. The lowest BCUT2D eigenvalue weighted by atomic mass is 9.99. The summed E-state index contributed by atoms with van der Waals surface area (Å²) in [7, 11) is 0. The molecule has 2 unspecified atom stereocenters. The van der Waals surface area contributed by atoms with Crippen LogP contribution < -0.4 is 5.32 Å². The van der Waals surface area contributed by atoms with E-state index in [1.165, 1.54) is 10.5 Å². The number of carbonyl (C=O) groups is 4. The molecule has 208 valence electrons. The molecule has 0 bridgehead atoms. The van der Waals surface area contributed by atoms with E-state index in [2.05, 4.69) is 30.4 Å². The molecule has 1 aliphatic heterocycles. The monoisotopic (exact) mass is 533 g/mol. The summed E-state index contributed by atoms with van der Waals surface area (Å²) in [5.41, 5.74) is 3.05. The second-order valence-corrected chi connectivity index (χ2v) is 11.2. The SMILES string of the molecule is Cc1ccccc1C=Cc1ccc(CN2C(=O)N(C(CC(C)C)C(=O)NC(C)CC(=O)O)C(=O)C2(C)C)cc1. The van der Waals surface area contributed by atoms with Crippen LogP contribution in [0.1, 0.15) is 69.7 Å². The fraction of sp³-hybridized carbons (Fsp3) is 0.419. The second-order valence-electron chi connectivity index (χ2n) is 11.2. The predicted molar refractivity (Wildman–Crippen MR) is 152 cm³/mol. The van der Waals surface area contributed by atoms with Crippen LogP contribution in [0.15, 0.2) is 48.5 Å². The van der Waals surface area contributed by atoms with E-state index < -0.39 is 41.4 Å². The van der Waals surface area contributed by atoms with Crippen LogP contribution >= 0.6 is 0 Å². The molecule has 0 saturated carbocycles. The largest absolute Gasteiger partial charge is 0.481 e. The Morgan fingerprint density at radius 3 is 2.23 bits per heavy atom. The number of amides is 4. The number of rotatable bonds is 11. The van der Waals surface area contributed by atoms with E-state index in [4.69, 9.17) is 5.11 Å². The van der Waals surface area contributed by atoms with Crippen molar-refractivity contribution in [3.8, 4) is 0 Å². The van der Waals surface area contributed by atoms with Gasteiger partial charge in [-0.05, 0) is 62.3 Å². The van der Waals surface area contributed by atoms with Crippen molar-refractivity contribution in [1.82, 2.24) is 15.1 Å². The molecule has 4 amide bonds. The zero-order chi connectivity index (χ0) is 28.9. The van der Waals surface area contributed by atoms with Crippen molar-refractivity contribution in [2.45, 2.75) is 78.6 Å². The highest BCUT2D eigenvalue weighted by Gasteiger charge is 2.54. The molecule has 1 aliphatic rings. The standard InChI is InChI=1S/C31H39N3O5/c1-20(2)17-26(28(37)32-22(4)18-27(35)36)34-29(38)31(5,6)33(30(34)39)19-24-13-11-23(12-14-24)15-16-25-10-8-7-9-21(25)3/h7-16,20,22,26H,17-19H2,1-6H3,(H,32,37)(H,35,36). The maximum Gasteiger partial charge on any atom is 0.328 e. The van der Waals surface area contributed by atoms with Crippen molar-refractivity contribution in [2.75, 3.05) is 0 Å². The average molecular weight is 534 g/mol. The Morgan fingerprint density at radius 1 is 1.00 bits per heavy atom. The van der Waals surface area contributed by atoms with Gasteiger partial charge in [-0.2, -0.15) is 0 Å². The van der Waals surface area contributed by atoms with Crippen LogP contribution in [0.5, 0.6) is 0 Å². The minimum atomic E-state index is -1.15. The molecule has 0 spiro atoms. The number of urea groups is 1.